The largest absolute Gasteiger partial charge is 0.345 e. The highest BCUT2D eigenvalue weighted by Crippen LogP contribution is 2.29. The fraction of sp³-hybridized carbons (Fsp3) is 0.222. The Hall–Kier alpha value is -3.00. The third-order valence-electron chi connectivity index (χ3n) is 4.42. The second-order valence-electron chi connectivity index (χ2n) is 6.05. The quantitative estimate of drug-likeness (QED) is 0.524. The van der Waals surface area contributed by atoms with Gasteiger partial charge in [-0.25, -0.2) is 4.98 Å². The molecule has 8 heteroatoms. The van der Waals surface area contributed by atoms with Gasteiger partial charge in [-0.3, -0.25) is 14.9 Å². The number of amides is 1. The first-order valence-electron chi connectivity index (χ1n) is 8.26. The topological polar surface area (TPSA) is 79.6 Å². The predicted octanol–water partition coefficient (Wildman–Crippen LogP) is 3.17. The van der Waals surface area contributed by atoms with Gasteiger partial charge in [0.1, 0.15) is 0 Å². The summed E-state index contributed by atoms with van der Waals surface area (Å²) in [7, 11) is 0. The van der Waals surface area contributed by atoms with Gasteiger partial charge in [0.05, 0.1) is 15.1 Å². The van der Waals surface area contributed by atoms with Crippen LogP contribution in [0.5, 0.6) is 0 Å². The highest BCUT2D eigenvalue weighted by molar-refractivity contribution is 7.22. The fourth-order valence-corrected chi connectivity index (χ4v) is 4.05. The number of thiazole rings is 1. The Labute approximate surface area is 153 Å². The van der Waals surface area contributed by atoms with Gasteiger partial charge in [-0.05, 0) is 18.2 Å². The molecule has 2 aromatic carbocycles. The number of nitro benzene ring substituents is 1. The maximum atomic E-state index is 12.6. The van der Waals surface area contributed by atoms with Gasteiger partial charge >= 0.3 is 0 Å². The summed E-state index contributed by atoms with van der Waals surface area (Å²) in [6.07, 6.45) is 0. The van der Waals surface area contributed by atoms with Crippen LogP contribution in [0.1, 0.15) is 10.4 Å². The molecule has 0 saturated carbocycles. The maximum Gasteiger partial charge on any atom is 0.270 e. The molecule has 1 aliphatic heterocycles. The summed E-state index contributed by atoms with van der Waals surface area (Å²) >= 11 is 1.65. The lowest BCUT2D eigenvalue weighted by Gasteiger charge is -2.34. The number of non-ortho nitro benzene ring substituents is 1. The Bertz CT molecular complexity index is 946. The van der Waals surface area contributed by atoms with Gasteiger partial charge in [0.2, 0.25) is 0 Å². The van der Waals surface area contributed by atoms with Crippen LogP contribution < -0.4 is 4.90 Å². The van der Waals surface area contributed by atoms with Crippen LogP contribution in [0.15, 0.2) is 48.5 Å². The molecule has 1 aliphatic rings. The first-order valence-corrected chi connectivity index (χ1v) is 9.08. The highest BCUT2D eigenvalue weighted by Gasteiger charge is 2.24. The third kappa shape index (κ3) is 3.11. The molecule has 0 unspecified atom stereocenters. The van der Waals surface area contributed by atoms with Crippen molar-refractivity contribution in [3.63, 3.8) is 0 Å². The number of nitrogens with zero attached hydrogens (tertiary/aromatic N) is 4. The van der Waals surface area contributed by atoms with Gasteiger partial charge in [-0.15, -0.1) is 0 Å². The van der Waals surface area contributed by atoms with E-state index in [-0.39, 0.29) is 11.6 Å². The van der Waals surface area contributed by atoms with Gasteiger partial charge < -0.3 is 9.80 Å². The van der Waals surface area contributed by atoms with Gasteiger partial charge in [-0.2, -0.15) is 0 Å². The van der Waals surface area contributed by atoms with Crippen LogP contribution in [0, 0.1) is 10.1 Å². The molecule has 3 aromatic rings. The number of fused-ring (bicyclic) bond motifs is 1. The molecule has 1 fully saturated rings. The molecule has 0 aliphatic carbocycles. The Kier molecular flexibility index (Phi) is 4.26. The summed E-state index contributed by atoms with van der Waals surface area (Å²) in [6, 6.07) is 13.9. The van der Waals surface area contributed by atoms with Crippen LogP contribution in [0.3, 0.4) is 0 Å². The van der Waals surface area contributed by atoms with Crippen molar-refractivity contribution >= 4 is 38.3 Å². The Morgan fingerprint density at radius 3 is 2.58 bits per heavy atom. The standard InChI is InChI=1S/C18H16N4O3S/c23-17(13-4-3-5-14(12-13)22(24)25)20-8-10-21(11-9-20)18-19-15-6-1-2-7-16(15)26-18/h1-7,12H,8-11H2. The van der Waals surface area contributed by atoms with Crippen molar-refractivity contribution in [2.24, 2.45) is 0 Å². The molecule has 1 saturated heterocycles. The lowest BCUT2D eigenvalue weighted by atomic mass is 10.1. The SMILES string of the molecule is O=C(c1cccc([N+](=O)[O-])c1)N1CCN(c2nc3ccccc3s2)CC1. The first-order chi connectivity index (χ1) is 12.6. The summed E-state index contributed by atoms with van der Waals surface area (Å²) in [5.41, 5.74) is 1.28. The Balaban J connectivity index is 1.45. The molecule has 0 atom stereocenters. The minimum atomic E-state index is -0.484. The lowest BCUT2D eigenvalue weighted by Crippen LogP contribution is -2.48. The van der Waals surface area contributed by atoms with E-state index in [0.29, 0.717) is 31.7 Å². The van der Waals surface area contributed by atoms with Crippen molar-refractivity contribution in [3.8, 4) is 0 Å². The zero-order chi connectivity index (χ0) is 18.1. The molecule has 1 amide bonds. The van der Waals surface area contributed by atoms with E-state index >= 15 is 0 Å². The van der Waals surface area contributed by atoms with E-state index in [2.05, 4.69) is 16.0 Å². The van der Waals surface area contributed by atoms with Crippen LogP contribution >= 0.6 is 11.3 Å². The van der Waals surface area contributed by atoms with Crippen LogP contribution in [0.4, 0.5) is 10.8 Å². The van der Waals surface area contributed by atoms with Crippen molar-refractivity contribution in [2.75, 3.05) is 31.1 Å². The van der Waals surface area contributed by atoms with E-state index in [0.717, 1.165) is 15.3 Å². The van der Waals surface area contributed by atoms with Gasteiger partial charge in [0.25, 0.3) is 11.6 Å². The van der Waals surface area contributed by atoms with Crippen molar-refractivity contribution in [2.45, 2.75) is 0 Å². The maximum absolute atomic E-state index is 12.6. The molecule has 0 bridgehead atoms. The molecule has 26 heavy (non-hydrogen) atoms. The molecule has 0 spiro atoms. The lowest BCUT2D eigenvalue weighted by molar-refractivity contribution is -0.384. The number of carbonyl (C=O) groups is 1. The first kappa shape index (κ1) is 16.5. The van der Waals surface area contributed by atoms with E-state index < -0.39 is 4.92 Å². The monoisotopic (exact) mass is 368 g/mol. The van der Waals surface area contributed by atoms with Crippen molar-refractivity contribution in [1.29, 1.82) is 0 Å². The van der Waals surface area contributed by atoms with E-state index in [1.54, 1.807) is 28.4 Å². The number of carbonyl (C=O) groups excluding carboxylic acids is 1. The Morgan fingerprint density at radius 1 is 1.08 bits per heavy atom. The minimum Gasteiger partial charge on any atom is -0.345 e. The normalized spacial score (nSPS) is 14.6. The summed E-state index contributed by atoms with van der Waals surface area (Å²) in [5, 5.41) is 11.9. The third-order valence-corrected chi connectivity index (χ3v) is 5.52. The number of anilines is 1. The second kappa shape index (κ2) is 6.72. The number of piperazine rings is 1. The molecule has 2 heterocycles. The summed E-state index contributed by atoms with van der Waals surface area (Å²) in [6.45, 7) is 2.52. The number of rotatable bonds is 3. The van der Waals surface area contributed by atoms with E-state index in [1.807, 2.05) is 18.2 Å². The van der Waals surface area contributed by atoms with E-state index in [9.17, 15) is 14.9 Å². The van der Waals surface area contributed by atoms with E-state index in [4.69, 9.17) is 0 Å². The predicted molar refractivity (Wildman–Crippen MR) is 101 cm³/mol. The van der Waals surface area contributed by atoms with Gasteiger partial charge in [-0.1, -0.05) is 29.5 Å². The van der Waals surface area contributed by atoms with Crippen molar-refractivity contribution in [3.05, 3.63) is 64.2 Å². The summed E-state index contributed by atoms with van der Waals surface area (Å²) < 4.78 is 1.15. The molecule has 1 aromatic heterocycles. The van der Waals surface area contributed by atoms with E-state index in [1.165, 1.54) is 12.1 Å². The molecule has 0 radical (unpaired) electrons. The van der Waals surface area contributed by atoms with Gasteiger partial charge in [0, 0.05) is 43.9 Å². The van der Waals surface area contributed by atoms with Crippen molar-refractivity contribution in [1.82, 2.24) is 9.88 Å². The second-order valence-corrected chi connectivity index (χ2v) is 7.06. The summed E-state index contributed by atoms with van der Waals surface area (Å²) in [4.78, 5) is 31.6. The molecular formula is C18H16N4O3S. The Morgan fingerprint density at radius 2 is 1.85 bits per heavy atom. The molecule has 0 N–H and O–H groups in total. The zero-order valence-corrected chi connectivity index (χ0v) is 14.7. The number of benzene rings is 2. The molecular weight excluding hydrogens is 352 g/mol. The minimum absolute atomic E-state index is 0.0658. The number of hydrogen-bond donors (Lipinski definition) is 0. The van der Waals surface area contributed by atoms with Gasteiger partial charge in [0.15, 0.2) is 5.13 Å². The van der Waals surface area contributed by atoms with Crippen molar-refractivity contribution < 1.29 is 9.72 Å². The number of nitro groups is 1. The smallest absolute Gasteiger partial charge is 0.270 e. The summed E-state index contributed by atoms with van der Waals surface area (Å²) in [5.74, 6) is -0.169. The number of para-hydroxylation sites is 1. The molecule has 7 nitrogen and oxygen atoms in total. The zero-order valence-electron chi connectivity index (χ0n) is 13.9. The number of hydrogen-bond acceptors (Lipinski definition) is 6. The fourth-order valence-electron chi connectivity index (χ4n) is 3.03. The van der Waals surface area contributed by atoms with Crippen LogP contribution in [-0.2, 0) is 0 Å². The van der Waals surface area contributed by atoms with Crippen LogP contribution in [-0.4, -0.2) is 46.9 Å². The average molecular weight is 368 g/mol. The highest BCUT2D eigenvalue weighted by atomic mass is 32.1. The average Bonchev–Trinajstić information content (AvgIpc) is 3.12. The van der Waals surface area contributed by atoms with Crippen LogP contribution in [0.25, 0.3) is 10.2 Å². The molecule has 132 valence electrons. The number of aromatic nitrogens is 1. The van der Waals surface area contributed by atoms with Crippen LogP contribution in [0.2, 0.25) is 0 Å². The molecule has 4 rings (SSSR count).